The van der Waals surface area contributed by atoms with Crippen LogP contribution in [0.25, 0.3) is 0 Å². The van der Waals surface area contributed by atoms with Crippen LogP contribution in [0, 0.1) is 11.3 Å². The van der Waals surface area contributed by atoms with Crippen LogP contribution in [0.1, 0.15) is 30.3 Å². The largest absolute Gasteiger partial charge is 0.522 e. The number of hydrogen-bond acceptors (Lipinski definition) is 9. The number of nitrogens with one attached hydrogen (secondary N) is 2. The maximum atomic E-state index is 12.2. The van der Waals surface area contributed by atoms with E-state index in [0.717, 1.165) is 0 Å². The fraction of sp³-hybridized carbons (Fsp3) is 0.474. The number of benzene rings is 1. The summed E-state index contributed by atoms with van der Waals surface area (Å²) in [5.74, 6) is 0.251. The molecule has 0 aliphatic carbocycles. The number of nitrogens with zero attached hydrogens (tertiary/aromatic N) is 3. The maximum Gasteiger partial charge on any atom is 0.522 e. The first kappa shape index (κ1) is 24.6. The number of nitriles is 1. The maximum absolute atomic E-state index is 12.2. The third-order valence-electron chi connectivity index (χ3n) is 4.50. The highest BCUT2D eigenvalue weighted by atomic mass is 35.5. The monoisotopic (exact) mass is 489 g/mol. The molecule has 2 aromatic rings. The van der Waals surface area contributed by atoms with Crippen LogP contribution >= 0.6 is 11.6 Å². The SMILES string of the molecule is N#Cc1cc(OCC(=O)N[C@H]2CC[C@H](c3nnc(OCCOC(F)(F)F)o3)NC2)ccc1Cl. The summed E-state index contributed by atoms with van der Waals surface area (Å²) < 4.78 is 55.0. The molecule has 0 bridgehead atoms. The number of alkyl halides is 3. The topological polar surface area (TPSA) is 132 Å². The third kappa shape index (κ3) is 7.77. The average molecular weight is 490 g/mol. The van der Waals surface area contributed by atoms with Gasteiger partial charge in [0.1, 0.15) is 18.4 Å². The Kier molecular flexibility index (Phi) is 8.32. The number of ether oxygens (including phenoxy) is 3. The minimum atomic E-state index is -4.73. The molecule has 1 fully saturated rings. The van der Waals surface area contributed by atoms with Crippen LogP contribution in [0.4, 0.5) is 13.2 Å². The predicted molar refractivity (Wildman–Crippen MR) is 105 cm³/mol. The Morgan fingerprint density at radius 3 is 2.82 bits per heavy atom. The zero-order chi connectivity index (χ0) is 23.8. The van der Waals surface area contributed by atoms with Gasteiger partial charge in [-0.1, -0.05) is 16.7 Å². The van der Waals surface area contributed by atoms with E-state index in [-0.39, 0.29) is 42.1 Å². The molecule has 33 heavy (non-hydrogen) atoms. The minimum Gasteiger partial charge on any atom is -0.484 e. The van der Waals surface area contributed by atoms with E-state index in [2.05, 4.69) is 25.6 Å². The van der Waals surface area contributed by atoms with Crippen molar-refractivity contribution in [2.24, 2.45) is 0 Å². The highest BCUT2D eigenvalue weighted by molar-refractivity contribution is 6.31. The number of carbonyl (C=O) groups is 1. The van der Waals surface area contributed by atoms with Crippen molar-refractivity contribution in [3.63, 3.8) is 0 Å². The smallest absolute Gasteiger partial charge is 0.484 e. The molecule has 0 unspecified atom stereocenters. The number of carbonyl (C=O) groups excluding carboxylic acids is 1. The first-order chi connectivity index (χ1) is 15.7. The molecule has 2 N–H and O–H groups in total. The molecular weight excluding hydrogens is 471 g/mol. The quantitative estimate of drug-likeness (QED) is 0.510. The van der Waals surface area contributed by atoms with Crippen molar-refractivity contribution >= 4 is 17.5 Å². The molecule has 1 aromatic carbocycles. The third-order valence-corrected chi connectivity index (χ3v) is 4.83. The van der Waals surface area contributed by atoms with Crippen LogP contribution in [-0.4, -0.2) is 54.9 Å². The molecule has 1 aromatic heterocycles. The highest BCUT2D eigenvalue weighted by Crippen LogP contribution is 2.24. The van der Waals surface area contributed by atoms with Gasteiger partial charge in [-0.3, -0.25) is 9.53 Å². The molecule has 1 aliphatic heterocycles. The van der Waals surface area contributed by atoms with Crippen molar-refractivity contribution in [1.82, 2.24) is 20.8 Å². The fourth-order valence-corrected chi connectivity index (χ4v) is 3.15. The Labute approximate surface area is 190 Å². The summed E-state index contributed by atoms with van der Waals surface area (Å²) in [6.07, 6.45) is -3.81. The van der Waals surface area contributed by atoms with Gasteiger partial charge in [0.15, 0.2) is 6.61 Å². The number of halogens is 4. The lowest BCUT2D eigenvalue weighted by Gasteiger charge is -2.28. The Hall–Kier alpha value is -3.08. The molecule has 1 amide bonds. The van der Waals surface area contributed by atoms with Crippen LogP contribution < -0.4 is 20.1 Å². The Bertz CT molecular complexity index is 989. The van der Waals surface area contributed by atoms with Crippen molar-refractivity contribution in [1.29, 1.82) is 5.26 Å². The molecule has 0 saturated carbocycles. The summed E-state index contributed by atoms with van der Waals surface area (Å²) in [6.45, 7) is -0.905. The van der Waals surface area contributed by atoms with Crippen molar-refractivity contribution < 1.29 is 36.6 Å². The lowest BCUT2D eigenvalue weighted by Crippen LogP contribution is -2.48. The summed E-state index contributed by atoms with van der Waals surface area (Å²) >= 11 is 5.86. The average Bonchev–Trinajstić information content (AvgIpc) is 3.25. The van der Waals surface area contributed by atoms with Gasteiger partial charge >= 0.3 is 12.4 Å². The minimum absolute atomic E-state index is 0.157. The molecule has 1 aliphatic rings. The van der Waals surface area contributed by atoms with E-state index in [0.29, 0.717) is 30.2 Å². The standard InChI is InChI=1S/C19H19ClF3N5O5/c20-14-3-2-13(7-11(14)8-24)31-10-16(29)26-12-1-4-15(25-9-12)17-27-28-18(33-17)30-5-6-32-19(21,22)23/h2-3,7,12,15,25H,1,4-6,9-10H2,(H,26,29)/t12-,15+/m0/s1. The van der Waals surface area contributed by atoms with Crippen molar-refractivity contribution in [2.75, 3.05) is 26.4 Å². The Morgan fingerprint density at radius 1 is 1.30 bits per heavy atom. The van der Waals surface area contributed by atoms with Crippen LogP contribution in [0.15, 0.2) is 22.6 Å². The van der Waals surface area contributed by atoms with Crippen LogP contribution in [0.5, 0.6) is 11.8 Å². The first-order valence-electron chi connectivity index (χ1n) is 9.75. The second-order valence-corrected chi connectivity index (χ2v) is 7.30. The Morgan fingerprint density at radius 2 is 2.12 bits per heavy atom. The van der Waals surface area contributed by atoms with Gasteiger partial charge in [-0.05, 0) is 31.0 Å². The number of aromatic nitrogens is 2. The van der Waals surface area contributed by atoms with Crippen LogP contribution in [0.2, 0.25) is 5.02 Å². The normalized spacial score (nSPS) is 18.4. The van der Waals surface area contributed by atoms with E-state index in [4.69, 9.17) is 30.8 Å². The molecule has 10 nitrogen and oxygen atoms in total. The summed E-state index contributed by atoms with van der Waals surface area (Å²) in [6, 6.07) is 6.02. The van der Waals surface area contributed by atoms with Gasteiger partial charge in [-0.2, -0.15) is 5.26 Å². The van der Waals surface area contributed by atoms with E-state index in [1.807, 2.05) is 6.07 Å². The van der Waals surface area contributed by atoms with Crippen molar-refractivity contribution in [3.05, 3.63) is 34.7 Å². The van der Waals surface area contributed by atoms with Crippen LogP contribution in [-0.2, 0) is 9.53 Å². The predicted octanol–water partition coefficient (Wildman–Crippen LogP) is 2.50. The highest BCUT2D eigenvalue weighted by Gasteiger charge is 2.29. The van der Waals surface area contributed by atoms with E-state index >= 15 is 0 Å². The van der Waals surface area contributed by atoms with Gasteiger partial charge < -0.3 is 24.5 Å². The Balaban J connectivity index is 1.37. The van der Waals surface area contributed by atoms with Crippen molar-refractivity contribution in [2.45, 2.75) is 31.3 Å². The van der Waals surface area contributed by atoms with Gasteiger partial charge in [-0.15, -0.1) is 18.3 Å². The summed E-state index contributed by atoms with van der Waals surface area (Å²) in [4.78, 5) is 12.2. The van der Waals surface area contributed by atoms with Crippen molar-refractivity contribution in [3.8, 4) is 17.9 Å². The first-order valence-corrected chi connectivity index (χ1v) is 10.1. The molecule has 0 radical (unpaired) electrons. The van der Waals surface area contributed by atoms with Gasteiger partial charge in [0.05, 0.1) is 23.2 Å². The van der Waals surface area contributed by atoms with E-state index in [1.165, 1.54) is 12.1 Å². The van der Waals surface area contributed by atoms with Gasteiger partial charge in [0.2, 0.25) is 5.89 Å². The molecule has 1 saturated heterocycles. The lowest BCUT2D eigenvalue weighted by molar-refractivity contribution is -0.325. The zero-order valence-electron chi connectivity index (χ0n) is 17.0. The fourth-order valence-electron chi connectivity index (χ4n) is 2.99. The summed E-state index contributed by atoms with van der Waals surface area (Å²) in [7, 11) is 0. The van der Waals surface area contributed by atoms with Gasteiger partial charge in [0.25, 0.3) is 5.91 Å². The zero-order valence-corrected chi connectivity index (χ0v) is 17.8. The van der Waals surface area contributed by atoms with E-state index in [9.17, 15) is 18.0 Å². The molecule has 14 heteroatoms. The summed E-state index contributed by atoms with van der Waals surface area (Å²) in [5, 5.41) is 22.7. The van der Waals surface area contributed by atoms with E-state index < -0.39 is 19.6 Å². The molecule has 2 atom stereocenters. The molecule has 3 rings (SSSR count). The summed E-state index contributed by atoms with van der Waals surface area (Å²) in [5.41, 5.74) is 0.251. The van der Waals surface area contributed by atoms with Gasteiger partial charge in [-0.25, -0.2) is 0 Å². The van der Waals surface area contributed by atoms with E-state index in [1.54, 1.807) is 6.07 Å². The van der Waals surface area contributed by atoms with Crippen LogP contribution in [0.3, 0.4) is 0 Å². The number of rotatable bonds is 9. The number of amides is 1. The molecule has 0 spiro atoms. The molecule has 2 heterocycles. The molecular formula is C19H19ClF3N5O5. The second kappa shape index (κ2) is 11.2. The molecule has 178 valence electrons. The number of piperidine rings is 1. The van der Waals surface area contributed by atoms with Gasteiger partial charge in [0, 0.05) is 12.6 Å². The second-order valence-electron chi connectivity index (χ2n) is 6.89. The number of hydrogen-bond donors (Lipinski definition) is 2. The lowest BCUT2D eigenvalue weighted by atomic mass is 10.0.